The third-order valence-electron chi connectivity index (χ3n) is 3.41. The molecule has 106 valence electrons. The second-order valence-electron chi connectivity index (χ2n) is 5.23. The Balaban J connectivity index is 2.02. The molecule has 0 N–H and O–H groups in total. The number of benzene rings is 2. The molecule has 0 spiro atoms. The third-order valence-corrected chi connectivity index (χ3v) is 3.41. The summed E-state index contributed by atoms with van der Waals surface area (Å²) in [6, 6.07) is 15.8. The number of fused-ring (bicyclic) bond motifs is 1. The van der Waals surface area contributed by atoms with Gasteiger partial charge >= 0.3 is 0 Å². The lowest BCUT2D eigenvalue weighted by Crippen LogP contribution is -2.44. The number of hydrogen-bond acceptors (Lipinski definition) is 3. The summed E-state index contributed by atoms with van der Waals surface area (Å²) in [5.41, 5.74) is 9.89. The van der Waals surface area contributed by atoms with Crippen molar-refractivity contribution in [1.82, 2.24) is 0 Å². The molecule has 2 aromatic rings. The predicted molar refractivity (Wildman–Crippen MR) is 80.4 cm³/mol. The maximum Gasteiger partial charge on any atom is 0.170 e. The van der Waals surface area contributed by atoms with Gasteiger partial charge < -0.3 is 9.47 Å². The minimum absolute atomic E-state index is 0.228. The van der Waals surface area contributed by atoms with E-state index in [1.807, 2.05) is 55.5 Å². The molecule has 0 radical (unpaired) electrons. The van der Waals surface area contributed by atoms with Gasteiger partial charge in [-0.15, -0.1) is 0 Å². The average molecular weight is 281 g/mol. The Morgan fingerprint density at radius 1 is 1.19 bits per heavy atom. The van der Waals surface area contributed by atoms with Crippen LogP contribution in [-0.2, 0) is 0 Å². The zero-order chi connectivity index (χ0) is 14.7. The first-order valence-corrected chi connectivity index (χ1v) is 6.73. The summed E-state index contributed by atoms with van der Waals surface area (Å²) in [5.74, 6) is 1.42. The van der Waals surface area contributed by atoms with Gasteiger partial charge in [-0.1, -0.05) is 47.6 Å². The Labute approximate surface area is 122 Å². The van der Waals surface area contributed by atoms with E-state index in [2.05, 4.69) is 10.0 Å². The van der Waals surface area contributed by atoms with E-state index in [0.29, 0.717) is 12.4 Å². The van der Waals surface area contributed by atoms with E-state index in [1.165, 1.54) is 0 Å². The zero-order valence-electron chi connectivity index (χ0n) is 11.7. The number of hydrogen-bond donors (Lipinski definition) is 0. The van der Waals surface area contributed by atoms with Crippen LogP contribution in [0.5, 0.6) is 11.5 Å². The normalized spacial score (nSPS) is 19.7. The highest BCUT2D eigenvalue weighted by atomic mass is 16.6. The van der Waals surface area contributed by atoms with Gasteiger partial charge in [0.2, 0.25) is 0 Å². The Morgan fingerprint density at radius 3 is 2.76 bits per heavy atom. The summed E-state index contributed by atoms with van der Waals surface area (Å²) in [5, 5.41) is 3.62. The van der Waals surface area contributed by atoms with Crippen LogP contribution in [0.3, 0.4) is 0 Å². The minimum Gasteiger partial charge on any atom is -0.486 e. The van der Waals surface area contributed by atoms with Gasteiger partial charge in [0.25, 0.3) is 0 Å². The number of nitrogens with zero attached hydrogens (tertiary/aromatic N) is 3. The molecule has 1 aliphatic rings. The van der Waals surface area contributed by atoms with Crippen molar-refractivity contribution in [3.8, 4) is 22.6 Å². The summed E-state index contributed by atoms with van der Waals surface area (Å²) >= 11 is 0. The van der Waals surface area contributed by atoms with E-state index < -0.39 is 5.60 Å². The van der Waals surface area contributed by atoms with Gasteiger partial charge in [-0.3, -0.25) is 0 Å². The van der Waals surface area contributed by atoms with Gasteiger partial charge in [0.1, 0.15) is 12.2 Å². The van der Waals surface area contributed by atoms with Gasteiger partial charge in [0.05, 0.1) is 6.54 Å². The van der Waals surface area contributed by atoms with Crippen molar-refractivity contribution in [3.05, 3.63) is 59.0 Å². The molecule has 2 aromatic carbocycles. The van der Waals surface area contributed by atoms with Crippen molar-refractivity contribution in [1.29, 1.82) is 0 Å². The molecule has 3 rings (SSSR count). The molecular formula is C16H15N3O2. The fourth-order valence-corrected chi connectivity index (χ4v) is 2.35. The summed E-state index contributed by atoms with van der Waals surface area (Å²) in [7, 11) is 0. The van der Waals surface area contributed by atoms with Crippen molar-refractivity contribution in [3.63, 3.8) is 0 Å². The number of azide groups is 1. The third kappa shape index (κ3) is 2.64. The summed E-state index contributed by atoms with van der Waals surface area (Å²) in [4.78, 5) is 2.80. The molecule has 1 atom stereocenters. The van der Waals surface area contributed by atoms with Gasteiger partial charge in [0, 0.05) is 10.5 Å². The van der Waals surface area contributed by atoms with Crippen molar-refractivity contribution in [2.75, 3.05) is 13.2 Å². The Morgan fingerprint density at radius 2 is 2.00 bits per heavy atom. The first-order chi connectivity index (χ1) is 10.2. The van der Waals surface area contributed by atoms with E-state index in [-0.39, 0.29) is 6.54 Å². The predicted octanol–water partition coefficient (Wildman–Crippen LogP) is 4.19. The van der Waals surface area contributed by atoms with Crippen LogP contribution in [0.4, 0.5) is 0 Å². The second kappa shape index (κ2) is 5.38. The molecule has 0 aromatic heterocycles. The van der Waals surface area contributed by atoms with E-state index in [4.69, 9.17) is 15.0 Å². The van der Waals surface area contributed by atoms with Gasteiger partial charge in [-0.25, -0.2) is 0 Å². The van der Waals surface area contributed by atoms with Crippen LogP contribution in [0, 0.1) is 0 Å². The van der Waals surface area contributed by atoms with Crippen LogP contribution >= 0.6 is 0 Å². The molecule has 21 heavy (non-hydrogen) atoms. The lowest BCUT2D eigenvalue weighted by molar-refractivity contribution is 0.0142. The molecule has 5 heteroatoms. The van der Waals surface area contributed by atoms with E-state index in [9.17, 15) is 0 Å². The first-order valence-electron chi connectivity index (χ1n) is 6.73. The molecule has 0 saturated heterocycles. The topological polar surface area (TPSA) is 67.2 Å². The Bertz CT molecular complexity index is 696. The smallest absolute Gasteiger partial charge is 0.170 e. The molecule has 0 unspecified atom stereocenters. The van der Waals surface area contributed by atoms with Gasteiger partial charge in [0.15, 0.2) is 11.5 Å². The summed E-state index contributed by atoms with van der Waals surface area (Å²) in [6.45, 7) is 2.47. The highest BCUT2D eigenvalue weighted by Gasteiger charge is 2.34. The van der Waals surface area contributed by atoms with E-state index >= 15 is 0 Å². The number of para-hydroxylation sites is 1. The fourth-order valence-electron chi connectivity index (χ4n) is 2.35. The van der Waals surface area contributed by atoms with E-state index in [0.717, 1.165) is 16.9 Å². The number of ether oxygens (including phenoxy) is 2. The molecule has 0 saturated carbocycles. The summed E-state index contributed by atoms with van der Waals surface area (Å²) < 4.78 is 11.9. The largest absolute Gasteiger partial charge is 0.486 e. The van der Waals surface area contributed by atoms with Crippen LogP contribution in [0.15, 0.2) is 53.6 Å². The van der Waals surface area contributed by atoms with Crippen molar-refractivity contribution < 1.29 is 9.47 Å². The summed E-state index contributed by atoms with van der Waals surface area (Å²) in [6.07, 6.45) is 0. The molecule has 5 nitrogen and oxygen atoms in total. The number of rotatable bonds is 3. The molecule has 0 bridgehead atoms. The standard InChI is InChI=1S/C16H15N3O2/c1-16(10-18-19-17)11-20-14-9-5-8-13(15(14)21-16)12-6-3-2-4-7-12/h2-9H,10-11H2,1H3/t16-/m0/s1. The van der Waals surface area contributed by atoms with Crippen molar-refractivity contribution in [2.45, 2.75) is 12.5 Å². The van der Waals surface area contributed by atoms with Crippen LogP contribution in [-0.4, -0.2) is 18.8 Å². The lowest BCUT2D eigenvalue weighted by Gasteiger charge is -2.35. The highest BCUT2D eigenvalue weighted by molar-refractivity contribution is 5.74. The maximum atomic E-state index is 8.50. The van der Waals surface area contributed by atoms with Gasteiger partial charge in [-0.2, -0.15) is 0 Å². The highest BCUT2D eigenvalue weighted by Crippen LogP contribution is 2.43. The van der Waals surface area contributed by atoms with Gasteiger partial charge in [-0.05, 0) is 24.1 Å². The van der Waals surface area contributed by atoms with Crippen LogP contribution < -0.4 is 9.47 Å². The molecule has 0 fully saturated rings. The first kappa shape index (κ1) is 13.3. The van der Waals surface area contributed by atoms with Crippen LogP contribution in [0.25, 0.3) is 21.6 Å². The molecule has 1 aliphatic heterocycles. The van der Waals surface area contributed by atoms with Crippen LogP contribution in [0.1, 0.15) is 6.92 Å². The average Bonchev–Trinajstić information content (AvgIpc) is 2.53. The quantitative estimate of drug-likeness (QED) is 0.481. The monoisotopic (exact) mass is 281 g/mol. The SMILES string of the molecule is C[C@]1(CN=[N+]=[N-])COc2cccc(-c3ccccc3)c2O1. The van der Waals surface area contributed by atoms with Crippen LogP contribution in [0.2, 0.25) is 0 Å². The van der Waals surface area contributed by atoms with Crippen molar-refractivity contribution in [2.24, 2.45) is 5.11 Å². The maximum absolute atomic E-state index is 8.50. The zero-order valence-corrected chi connectivity index (χ0v) is 11.7. The molecule has 1 heterocycles. The lowest BCUT2D eigenvalue weighted by atomic mass is 10.0. The van der Waals surface area contributed by atoms with Crippen molar-refractivity contribution >= 4 is 0 Å². The Kier molecular flexibility index (Phi) is 3.42. The second-order valence-corrected chi connectivity index (χ2v) is 5.23. The fraction of sp³-hybridized carbons (Fsp3) is 0.250. The molecular weight excluding hydrogens is 266 g/mol. The molecule has 0 aliphatic carbocycles. The Hall–Kier alpha value is -2.65. The minimum atomic E-state index is -0.649. The molecule has 0 amide bonds. The van der Waals surface area contributed by atoms with E-state index in [1.54, 1.807) is 0 Å².